The van der Waals surface area contributed by atoms with Crippen molar-refractivity contribution >= 4 is 0 Å². The van der Waals surface area contributed by atoms with Crippen molar-refractivity contribution < 1.29 is 9.84 Å². The normalized spacial score (nSPS) is 28.4. The molecule has 0 saturated heterocycles. The Morgan fingerprint density at radius 3 is 3.10 bits per heavy atom. The van der Waals surface area contributed by atoms with Crippen LogP contribution in [-0.2, 0) is 4.74 Å². The lowest BCUT2D eigenvalue weighted by atomic mass is 10.0. The lowest BCUT2D eigenvalue weighted by Crippen LogP contribution is -2.24. The van der Waals surface area contributed by atoms with E-state index in [9.17, 15) is 0 Å². The van der Waals surface area contributed by atoms with Crippen LogP contribution in [0.25, 0.3) is 0 Å². The maximum absolute atomic E-state index is 8.77. The van der Waals surface area contributed by atoms with E-state index in [1.54, 1.807) is 0 Å². The summed E-state index contributed by atoms with van der Waals surface area (Å²) in [5, 5.41) is 8.77. The summed E-state index contributed by atoms with van der Waals surface area (Å²) in [7, 11) is 0. The van der Waals surface area contributed by atoms with Gasteiger partial charge in [-0.25, -0.2) is 0 Å². The number of rotatable bonds is 2. The highest BCUT2D eigenvalue weighted by molar-refractivity contribution is 4.95. The van der Waals surface area contributed by atoms with Gasteiger partial charge in [0.25, 0.3) is 0 Å². The van der Waals surface area contributed by atoms with Gasteiger partial charge in [0.1, 0.15) is 0 Å². The zero-order valence-electron chi connectivity index (χ0n) is 6.29. The molecule has 0 aromatic carbocycles. The topological polar surface area (TPSA) is 29.5 Å². The largest absolute Gasteiger partial charge is 0.396 e. The van der Waals surface area contributed by atoms with Gasteiger partial charge in [-0.15, -0.1) is 0 Å². The minimum Gasteiger partial charge on any atom is -0.396 e. The third-order valence-electron chi connectivity index (χ3n) is 1.77. The fourth-order valence-corrected chi connectivity index (χ4v) is 1.02. The van der Waals surface area contributed by atoms with Crippen LogP contribution in [0.5, 0.6) is 0 Å². The van der Waals surface area contributed by atoms with E-state index in [1.807, 2.05) is 13.0 Å². The van der Waals surface area contributed by atoms with E-state index in [0.717, 1.165) is 13.0 Å². The zero-order valence-corrected chi connectivity index (χ0v) is 6.29. The molecular formula is C8H14O2. The van der Waals surface area contributed by atoms with Crippen LogP contribution in [0.15, 0.2) is 12.2 Å². The Morgan fingerprint density at radius 1 is 1.80 bits per heavy atom. The van der Waals surface area contributed by atoms with E-state index in [4.69, 9.17) is 9.84 Å². The van der Waals surface area contributed by atoms with Crippen molar-refractivity contribution in [2.24, 2.45) is 5.92 Å². The lowest BCUT2D eigenvalue weighted by molar-refractivity contribution is 0.0254. The Kier molecular flexibility index (Phi) is 2.90. The Bertz CT molecular complexity index is 120. The van der Waals surface area contributed by atoms with Gasteiger partial charge in [0.05, 0.1) is 12.7 Å². The SMILES string of the molecule is C[C@@H](CO)[C@@H]1C=CCCO1. The molecule has 2 heteroatoms. The molecule has 2 atom stereocenters. The Balaban J connectivity index is 2.38. The predicted octanol–water partition coefficient (Wildman–Crippen LogP) is 0.960. The molecule has 0 saturated carbocycles. The van der Waals surface area contributed by atoms with Crippen molar-refractivity contribution in [1.82, 2.24) is 0 Å². The van der Waals surface area contributed by atoms with E-state index < -0.39 is 0 Å². The predicted molar refractivity (Wildman–Crippen MR) is 39.7 cm³/mol. The zero-order chi connectivity index (χ0) is 7.40. The van der Waals surface area contributed by atoms with Crippen LogP contribution in [0, 0.1) is 5.92 Å². The van der Waals surface area contributed by atoms with Crippen LogP contribution in [0.2, 0.25) is 0 Å². The van der Waals surface area contributed by atoms with Crippen molar-refractivity contribution in [3.63, 3.8) is 0 Å². The van der Waals surface area contributed by atoms with Gasteiger partial charge >= 0.3 is 0 Å². The van der Waals surface area contributed by atoms with Crippen LogP contribution in [0.3, 0.4) is 0 Å². The molecule has 0 aromatic heterocycles. The number of aliphatic hydroxyl groups excluding tert-OH is 1. The number of ether oxygens (including phenoxy) is 1. The second kappa shape index (κ2) is 3.74. The van der Waals surface area contributed by atoms with Crippen LogP contribution in [-0.4, -0.2) is 24.4 Å². The highest BCUT2D eigenvalue weighted by atomic mass is 16.5. The summed E-state index contributed by atoms with van der Waals surface area (Å²) in [6.45, 7) is 2.99. The molecule has 58 valence electrons. The average molecular weight is 142 g/mol. The highest BCUT2D eigenvalue weighted by Gasteiger charge is 2.15. The lowest BCUT2D eigenvalue weighted by Gasteiger charge is -2.22. The molecular weight excluding hydrogens is 128 g/mol. The fourth-order valence-electron chi connectivity index (χ4n) is 1.02. The number of hydrogen-bond donors (Lipinski definition) is 1. The minimum atomic E-state index is 0.138. The summed E-state index contributed by atoms with van der Waals surface area (Å²) in [4.78, 5) is 0. The molecule has 2 nitrogen and oxygen atoms in total. The quantitative estimate of drug-likeness (QED) is 0.582. The Labute approximate surface area is 61.5 Å². The molecule has 1 N–H and O–H groups in total. The van der Waals surface area contributed by atoms with Crippen LogP contribution >= 0.6 is 0 Å². The molecule has 10 heavy (non-hydrogen) atoms. The van der Waals surface area contributed by atoms with Gasteiger partial charge in [0.2, 0.25) is 0 Å². The van der Waals surface area contributed by atoms with Gasteiger partial charge in [-0.1, -0.05) is 19.1 Å². The van der Waals surface area contributed by atoms with Crippen molar-refractivity contribution in [3.8, 4) is 0 Å². The van der Waals surface area contributed by atoms with E-state index in [2.05, 4.69) is 6.08 Å². The van der Waals surface area contributed by atoms with Crippen molar-refractivity contribution in [2.45, 2.75) is 19.4 Å². The molecule has 0 fully saturated rings. The van der Waals surface area contributed by atoms with E-state index in [0.29, 0.717) is 0 Å². The molecule has 0 spiro atoms. The second-order valence-corrected chi connectivity index (χ2v) is 2.71. The molecule has 0 amide bonds. The molecule has 1 aliphatic rings. The Morgan fingerprint density at radius 2 is 2.60 bits per heavy atom. The monoisotopic (exact) mass is 142 g/mol. The average Bonchev–Trinajstić information content (AvgIpc) is 2.05. The standard InChI is InChI=1S/C8H14O2/c1-7(6-9)8-4-2-3-5-10-8/h2,4,7-9H,3,5-6H2,1H3/t7-,8-/m0/s1. The van der Waals surface area contributed by atoms with E-state index in [-0.39, 0.29) is 18.6 Å². The first-order valence-corrected chi connectivity index (χ1v) is 3.73. The van der Waals surface area contributed by atoms with Gasteiger partial charge in [-0.2, -0.15) is 0 Å². The van der Waals surface area contributed by atoms with Gasteiger partial charge < -0.3 is 9.84 Å². The maximum atomic E-state index is 8.77. The highest BCUT2D eigenvalue weighted by Crippen LogP contribution is 2.12. The van der Waals surface area contributed by atoms with Crippen LogP contribution < -0.4 is 0 Å². The first-order chi connectivity index (χ1) is 4.84. The van der Waals surface area contributed by atoms with Gasteiger partial charge in [0.15, 0.2) is 0 Å². The van der Waals surface area contributed by atoms with E-state index in [1.165, 1.54) is 0 Å². The molecule has 0 aromatic rings. The van der Waals surface area contributed by atoms with Crippen LogP contribution in [0.1, 0.15) is 13.3 Å². The Hall–Kier alpha value is -0.340. The molecule has 1 rings (SSSR count). The molecule has 1 aliphatic heterocycles. The van der Waals surface area contributed by atoms with E-state index >= 15 is 0 Å². The summed E-state index contributed by atoms with van der Waals surface area (Å²) in [6.07, 6.45) is 5.29. The summed E-state index contributed by atoms with van der Waals surface area (Å²) in [5.41, 5.74) is 0. The summed E-state index contributed by atoms with van der Waals surface area (Å²) in [5.74, 6) is 0.233. The summed E-state index contributed by atoms with van der Waals surface area (Å²) < 4.78 is 5.38. The summed E-state index contributed by atoms with van der Waals surface area (Å²) >= 11 is 0. The number of aliphatic hydroxyl groups is 1. The minimum absolute atomic E-state index is 0.138. The van der Waals surface area contributed by atoms with Crippen molar-refractivity contribution in [2.75, 3.05) is 13.2 Å². The third-order valence-corrected chi connectivity index (χ3v) is 1.77. The van der Waals surface area contributed by atoms with Crippen molar-refractivity contribution in [1.29, 1.82) is 0 Å². The van der Waals surface area contributed by atoms with Crippen molar-refractivity contribution in [3.05, 3.63) is 12.2 Å². The second-order valence-electron chi connectivity index (χ2n) is 2.71. The summed E-state index contributed by atoms with van der Waals surface area (Å²) in [6, 6.07) is 0. The molecule has 0 bridgehead atoms. The molecule has 0 radical (unpaired) electrons. The smallest absolute Gasteiger partial charge is 0.0803 e. The molecule has 0 unspecified atom stereocenters. The van der Waals surface area contributed by atoms with Gasteiger partial charge in [-0.3, -0.25) is 0 Å². The maximum Gasteiger partial charge on any atom is 0.0803 e. The van der Waals surface area contributed by atoms with Gasteiger partial charge in [-0.05, 0) is 6.42 Å². The molecule has 0 aliphatic carbocycles. The number of hydrogen-bond acceptors (Lipinski definition) is 2. The first-order valence-electron chi connectivity index (χ1n) is 3.73. The van der Waals surface area contributed by atoms with Crippen LogP contribution in [0.4, 0.5) is 0 Å². The third kappa shape index (κ3) is 1.82. The van der Waals surface area contributed by atoms with Gasteiger partial charge in [0, 0.05) is 12.5 Å². The fraction of sp³-hybridized carbons (Fsp3) is 0.750. The molecule has 1 heterocycles. The first kappa shape index (κ1) is 7.76.